The van der Waals surface area contributed by atoms with Crippen molar-refractivity contribution in [2.24, 2.45) is 5.73 Å². The Morgan fingerprint density at radius 2 is 2.07 bits per heavy atom. The number of hydrogen-bond acceptors (Lipinski definition) is 7. The molecule has 0 saturated heterocycles. The van der Waals surface area contributed by atoms with Gasteiger partial charge in [0, 0.05) is 18.1 Å². The van der Waals surface area contributed by atoms with E-state index < -0.39 is 11.8 Å². The highest BCUT2D eigenvalue weighted by Crippen LogP contribution is 2.38. The van der Waals surface area contributed by atoms with Gasteiger partial charge in [-0.3, -0.25) is 14.4 Å². The van der Waals surface area contributed by atoms with Gasteiger partial charge in [-0.1, -0.05) is 24.8 Å². The molecule has 9 nitrogen and oxygen atoms in total. The molecule has 4 N–H and O–H groups in total. The van der Waals surface area contributed by atoms with E-state index in [2.05, 4.69) is 15.3 Å². The van der Waals surface area contributed by atoms with Gasteiger partial charge in [-0.25, -0.2) is 4.98 Å². The minimum Gasteiger partial charge on any atom is -0.490 e. The number of carbonyl (C=O) groups excluding carboxylic acids is 2. The summed E-state index contributed by atoms with van der Waals surface area (Å²) in [5.41, 5.74) is 5.98. The van der Waals surface area contributed by atoms with Gasteiger partial charge >= 0.3 is 0 Å². The van der Waals surface area contributed by atoms with E-state index >= 15 is 0 Å². The molecule has 1 aromatic heterocycles. The second kappa shape index (κ2) is 9.66. The third kappa shape index (κ3) is 4.93. The van der Waals surface area contributed by atoms with Crippen LogP contribution >= 0.6 is 11.8 Å². The topological polar surface area (TPSA) is 136 Å². The largest absolute Gasteiger partial charge is 0.490 e. The van der Waals surface area contributed by atoms with E-state index in [9.17, 15) is 14.4 Å². The Morgan fingerprint density at radius 1 is 1.27 bits per heavy atom. The molecule has 10 heteroatoms. The van der Waals surface area contributed by atoms with Crippen LogP contribution in [0.5, 0.6) is 11.5 Å². The van der Waals surface area contributed by atoms with E-state index in [1.54, 1.807) is 18.2 Å². The van der Waals surface area contributed by atoms with Gasteiger partial charge in [-0.05, 0) is 31.0 Å². The Morgan fingerprint density at radius 3 is 2.77 bits per heavy atom. The second-order valence-electron chi connectivity index (χ2n) is 6.68. The van der Waals surface area contributed by atoms with E-state index in [-0.39, 0.29) is 30.3 Å². The zero-order chi connectivity index (χ0) is 21.7. The van der Waals surface area contributed by atoms with Gasteiger partial charge in [0.1, 0.15) is 5.82 Å². The minimum atomic E-state index is -0.603. The number of thioether (sulfide) groups is 1. The number of benzene rings is 1. The number of rotatable bonds is 9. The number of amides is 2. The number of nitrogens with two attached hydrogens (primary N) is 1. The van der Waals surface area contributed by atoms with Crippen LogP contribution in [-0.2, 0) is 9.59 Å². The summed E-state index contributed by atoms with van der Waals surface area (Å²) < 4.78 is 11.0. The Bertz CT molecular complexity index is 1010. The highest BCUT2D eigenvalue weighted by molar-refractivity contribution is 7.99. The van der Waals surface area contributed by atoms with Gasteiger partial charge in [0.15, 0.2) is 23.3 Å². The zero-order valence-corrected chi connectivity index (χ0v) is 17.6. The third-order valence-electron chi connectivity index (χ3n) is 4.41. The van der Waals surface area contributed by atoms with Crippen LogP contribution in [-0.4, -0.2) is 40.7 Å². The van der Waals surface area contributed by atoms with E-state index in [4.69, 9.17) is 15.2 Å². The number of carbonyl (C=O) groups is 2. The van der Waals surface area contributed by atoms with Crippen molar-refractivity contribution in [3.8, 4) is 11.5 Å². The summed E-state index contributed by atoms with van der Waals surface area (Å²) in [6, 6.07) is 5.10. The number of fused-ring (bicyclic) bond motifs is 1. The number of nitrogens with zero attached hydrogens (tertiary/aromatic N) is 1. The second-order valence-corrected chi connectivity index (χ2v) is 7.76. The van der Waals surface area contributed by atoms with Crippen molar-refractivity contribution in [2.75, 3.05) is 24.3 Å². The van der Waals surface area contributed by atoms with Gasteiger partial charge in [0.05, 0.1) is 12.2 Å². The molecule has 3 rings (SSSR count). The van der Waals surface area contributed by atoms with Crippen LogP contribution in [0.25, 0.3) is 0 Å². The summed E-state index contributed by atoms with van der Waals surface area (Å²) in [7, 11) is 0. The van der Waals surface area contributed by atoms with Crippen LogP contribution < -0.4 is 26.1 Å². The summed E-state index contributed by atoms with van der Waals surface area (Å²) in [6.07, 6.45) is 1.04. The van der Waals surface area contributed by atoms with Crippen LogP contribution in [0.2, 0.25) is 0 Å². The van der Waals surface area contributed by atoms with E-state index in [1.165, 1.54) is 11.8 Å². The Labute approximate surface area is 177 Å². The fourth-order valence-electron chi connectivity index (χ4n) is 3.18. The van der Waals surface area contributed by atoms with Crippen molar-refractivity contribution < 1.29 is 19.1 Å². The molecule has 2 aromatic rings. The average Bonchev–Trinajstić information content (AvgIpc) is 2.70. The van der Waals surface area contributed by atoms with Crippen molar-refractivity contribution in [1.29, 1.82) is 0 Å². The minimum absolute atomic E-state index is 0.103. The molecule has 0 fully saturated rings. The molecule has 0 unspecified atom stereocenters. The first-order valence-electron chi connectivity index (χ1n) is 9.67. The smallest absolute Gasteiger partial charge is 0.257 e. The molecule has 1 aliphatic rings. The normalized spacial score (nSPS) is 15.3. The molecule has 0 spiro atoms. The fourth-order valence-corrected chi connectivity index (χ4v) is 3.90. The van der Waals surface area contributed by atoms with Crippen molar-refractivity contribution in [2.45, 2.75) is 37.8 Å². The molecule has 0 saturated carbocycles. The first-order chi connectivity index (χ1) is 14.4. The lowest BCUT2D eigenvalue weighted by Crippen LogP contribution is -2.31. The SMILES string of the molecule is CCCSc1nc2c(c(=O)[nH]1)[C@@H](c1ccc(OCC(N)=O)c(OCC)c1)CC(=O)N2. The monoisotopic (exact) mass is 432 g/mol. The lowest BCUT2D eigenvalue weighted by atomic mass is 9.86. The van der Waals surface area contributed by atoms with Gasteiger partial charge in [0.2, 0.25) is 5.91 Å². The predicted molar refractivity (Wildman–Crippen MR) is 113 cm³/mol. The highest BCUT2D eigenvalue weighted by atomic mass is 32.2. The Balaban J connectivity index is 2.00. The van der Waals surface area contributed by atoms with Crippen molar-refractivity contribution in [3.05, 3.63) is 39.7 Å². The van der Waals surface area contributed by atoms with Gasteiger partial charge < -0.3 is 25.5 Å². The molecule has 2 amide bonds. The van der Waals surface area contributed by atoms with E-state index in [0.29, 0.717) is 34.4 Å². The Hall–Kier alpha value is -3.01. The van der Waals surface area contributed by atoms with Gasteiger partial charge in [-0.15, -0.1) is 0 Å². The van der Waals surface area contributed by atoms with Crippen LogP contribution in [0.3, 0.4) is 0 Å². The summed E-state index contributed by atoms with van der Waals surface area (Å²) in [4.78, 5) is 43.4. The van der Waals surface area contributed by atoms with Crippen LogP contribution in [0.4, 0.5) is 5.82 Å². The number of hydrogen-bond donors (Lipinski definition) is 3. The standard InChI is InChI=1S/C20H24N4O5S/c1-3-7-30-20-23-18-17(19(27)24-20)12(9-16(26)22-18)11-5-6-13(29-10-15(21)25)14(8-11)28-4-2/h5-6,8,12H,3-4,7,9-10H2,1-2H3,(H2,21,25)(H2,22,23,24,26,27)/t12-/m1/s1. The first-order valence-corrected chi connectivity index (χ1v) is 10.7. The van der Waals surface area contributed by atoms with Crippen LogP contribution in [0, 0.1) is 0 Å². The highest BCUT2D eigenvalue weighted by Gasteiger charge is 2.31. The number of primary amides is 1. The molecule has 0 bridgehead atoms. The number of nitrogens with one attached hydrogen (secondary N) is 2. The lowest BCUT2D eigenvalue weighted by molar-refractivity contribution is -0.120. The van der Waals surface area contributed by atoms with Crippen LogP contribution in [0.15, 0.2) is 28.2 Å². The van der Waals surface area contributed by atoms with E-state index in [1.807, 2.05) is 13.8 Å². The maximum absolute atomic E-state index is 12.8. The lowest BCUT2D eigenvalue weighted by Gasteiger charge is -2.25. The molecule has 30 heavy (non-hydrogen) atoms. The summed E-state index contributed by atoms with van der Waals surface area (Å²) >= 11 is 1.43. The molecule has 0 aliphatic carbocycles. The number of aromatic nitrogens is 2. The molecule has 2 heterocycles. The summed E-state index contributed by atoms with van der Waals surface area (Å²) in [5.74, 6) is 0.549. The number of H-pyrrole nitrogens is 1. The maximum Gasteiger partial charge on any atom is 0.257 e. The average molecular weight is 433 g/mol. The molecule has 1 aromatic carbocycles. The van der Waals surface area contributed by atoms with Gasteiger partial charge in [0.25, 0.3) is 11.5 Å². The molecular formula is C20H24N4O5S. The van der Waals surface area contributed by atoms with E-state index in [0.717, 1.165) is 12.2 Å². The molecule has 1 aliphatic heterocycles. The summed E-state index contributed by atoms with van der Waals surface area (Å²) in [6.45, 7) is 3.94. The third-order valence-corrected chi connectivity index (χ3v) is 5.49. The first kappa shape index (κ1) is 21.7. The van der Waals surface area contributed by atoms with Crippen molar-refractivity contribution in [1.82, 2.24) is 9.97 Å². The van der Waals surface area contributed by atoms with Gasteiger partial charge in [-0.2, -0.15) is 0 Å². The molecule has 1 atom stereocenters. The van der Waals surface area contributed by atoms with Crippen molar-refractivity contribution >= 4 is 29.4 Å². The maximum atomic E-state index is 12.8. The molecule has 160 valence electrons. The number of anilines is 1. The fraction of sp³-hybridized carbons (Fsp3) is 0.400. The number of ether oxygens (including phenoxy) is 2. The predicted octanol–water partition coefficient (Wildman–Crippen LogP) is 2.01. The van der Waals surface area contributed by atoms with Crippen molar-refractivity contribution in [3.63, 3.8) is 0 Å². The molecule has 0 radical (unpaired) electrons. The summed E-state index contributed by atoms with van der Waals surface area (Å²) in [5, 5.41) is 3.19. The molecular weight excluding hydrogens is 408 g/mol. The zero-order valence-electron chi connectivity index (χ0n) is 16.8. The quantitative estimate of drug-likeness (QED) is 0.407. The Kier molecular flexibility index (Phi) is 6.99. The van der Waals surface area contributed by atoms with Crippen LogP contribution in [0.1, 0.15) is 43.7 Å². The number of aromatic amines is 1.